The van der Waals surface area contributed by atoms with Crippen LogP contribution in [0.1, 0.15) is 76.0 Å². The van der Waals surface area contributed by atoms with Crippen molar-refractivity contribution in [3.8, 4) is 28.5 Å². The Morgan fingerprint density at radius 2 is 1.64 bits per heavy atom. The molecule has 0 fully saturated rings. The summed E-state index contributed by atoms with van der Waals surface area (Å²) in [5.74, 6) is 2.85. The summed E-state index contributed by atoms with van der Waals surface area (Å²) in [6, 6.07) is 10.1. The first-order valence-electron chi connectivity index (χ1n) is 13.5. The number of anilines is 1. The largest absolute Gasteiger partial charge is 0.493 e. The Balaban J connectivity index is 1.38. The molecule has 0 bridgehead atoms. The number of ether oxygens (including phenoxy) is 3. The first-order chi connectivity index (χ1) is 17.7. The first-order valence-corrected chi connectivity index (χ1v) is 13.5. The van der Waals surface area contributed by atoms with Gasteiger partial charge < -0.3 is 24.5 Å². The predicted octanol–water partition coefficient (Wildman–Crippen LogP) is 7.17. The van der Waals surface area contributed by atoms with E-state index in [0.29, 0.717) is 25.0 Å². The zero-order valence-electron chi connectivity index (χ0n) is 22.0. The fourth-order valence-corrected chi connectivity index (χ4v) is 4.98. The van der Waals surface area contributed by atoms with Crippen molar-refractivity contribution in [2.45, 2.75) is 84.7 Å². The minimum absolute atomic E-state index is 0.321. The zero-order chi connectivity index (χ0) is 25.3. The monoisotopic (exact) mass is 492 g/mol. The molecule has 0 amide bonds. The maximum absolute atomic E-state index is 6.50. The van der Waals surface area contributed by atoms with E-state index in [0.717, 1.165) is 91.9 Å². The molecule has 2 N–H and O–H groups in total. The van der Waals surface area contributed by atoms with Crippen molar-refractivity contribution in [2.75, 3.05) is 18.9 Å². The molecule has 0 spiro atoms. The average Bonchev–Trinajstić information content (AvgIpc) is 3.42. The minimum Gasteiger partial charge on any atom is -0.493 e. The molecule has 4 rings (SSSR count). The highest BCUT2D eigenvalue weighted by Gasteiger charge is 2.24. The van der Waals surface area contributed by atoms with Gasteiger partial charge in [-0.1, -0.05) is 51.3 Å². The number of fused-ring (bicyclic) bond motifs is 1. The van der Waals surface area contributed by atoms with Crippen molar-refractivity contribution in [1.82, 2.24) is 5.16 Å². The van der Waals surface area contributed by atoms with Crippen molar-refractivity contribution in [3.05, 3.63) is 53.3 Å². The number of rotatable bonds is 13. The lowest BCUT2D eigenvalue weighted by molar-refractivity contribution is 0.159. The van der Waals surface area contributed by atoms with Crippen molar-refractivity contribution < 1.29 is 18.7 Å². The lowest BCUT2D eigenvalue weighted by Crippen LogP contribution is -2.23. The number of hydrogen-bond acceptors (Lipinski definition) is 6. The fraction of sp³-hybridized carbons (Fsp3) is 0.500. The lowest BCUT2D eigenvalue weighted by atomic mass is 9.95. The first kappa shape index (κ1) is 25.9. The number of aromatic nitrogens is 1. The molecule has 2 heterocycles. The van der Waals surface area contributed by atoms with Gasteiger partial charge in [-0.3, -0.25) is 0 Å². The number of aryl methyl sites for hydroxylation is 1. The summed E-state index contributed by atoms with van der Waals surface area (Å²) < 4.78 is 23.8. The van der Waals surface area contributed by atoms with E-state index >= 15 is 0 Å². The van der Waals surface area contributed by atoms with Gasteiger partial charge in [-0.05, 0) is 55.9 Å². The Kier molecular flexibility index (Phi) is 9.15. The van der Waals surface area contributed by atoms with E-state index in [1.54, 1.807) is 6.26 Å². The van der Waals surface area contributed by atoms with Gasteiger partial charge in [0.2, 0.25) is 0 Å². The Morgan fingerprint density at radius 3 is 2.33 bits per heavy atom. The number of nitrogens with zero attached hydrogens (tertiary/aromatic N) is 1. The Bertz CT molecular complexity index is 1110. The van der Waals surface area contributed by atoms with Gasteiger partial charge in [0.15, 0.2) is 0 Å². The van der Waals surface area contributed by atoms with Gasteiger partial charge >= 0.3 is 0 Å². The quantitative estimate of drug-likeness (QED) is 0.201. The Labute approximate surface area is 215 Å². The second kappa shape index (κ2) is 12.7. The summed E-state index contributed by atoms with van der Waals surface area (Å²) in [4.78, 5) is 0. The van der Waals surface area contributed by atoms with Crippen molar-refractivity contribution in [2.24, 2.45) is 0 Å². The summed E-state index contributed by atoms with van der Waals surface area (Å²) in [5, 5.41) is 4.03. The smallest absolute Gasteiger partial charge is 0.129 e. The number of nitrogens with two attached hydrogens (primary N) is 1. The van der Waals surface area contributed by atoms with Gasteiger partial charge in [-0.25, -0.2) is 0 Å². The Morgan fingerprint density at radius 1 is 0.917 bits per heavy atom. The summed E-state index contributed by atoms with van der Waals surface area (Å²) in [6.45, 7) is 7.71. The van der Waals surface area contributed by atoms with Gasteiger partial charge in [0.1, 0.15) is 29.2 Å². The van der Waals surface area contributed by atoms with Crippen molar-refractivity contribution in [3.63, 3.8) is 0 Å². The zero-order valence-corrected chi connectivity index (χ0v) is 22.0. The standard InChI is InChI=1S/C30H40N2O4/c1-4-8-22-13-11-21-12-15-28(25(10-6-3)30(21)36-22)34-19-7-18-33-27-16-14-23(26-17-20-35-32-26)29(31)24(27)9-5-2/h12,14-17,20,22H,4-11,13,18-19,31H2,1-3H3. The highest BCUT2D eigenvalue weighted by Crippen LogP contribution is 2.39. The van der Waals surface area contributed by atoms with Crippen LogP contribution in [0, 0.1) is 0 Å². The summed E-state index contributed by atoms with van der Waals surface area (Å²) in [7, 11) is 0. The molecule has 6 nitrogen and oxygen atoms in total. The molecule has 1 aromatic heterocycles. The molecule has 6 heteroatoms. The Hall–Kier alpha value is -3.15. The minimum atomic E-state index is 0.321. The highest BCUT2D eigenvalue weighted by molar-refractivity contribution is 5.78. The molecule has 0 saturated heterocycles. The molecule has 0 aliphatic carbocycles. The van der Waals surface area contributed by atoms with E-state index < -0.39 is 0 Å². The van der Waals surface area contributed by atoms with Crippen LogP contribution in [0.3, 0.4) is 0 Å². The van der Waals surface area contributed by atoms with Gasteiger partial charge in [0, 0.05) is 34.9 Å². The van der Waals surface area contributed by atoms with Crippen LogP contribution in [0.5, 0.6) is 17.2 Å². The van der Waals surface area contributed by atoms with Crippen LogP contribution >= 0.6 is 0 Å². The second-order valence-corrected chi connectivity index (χ2v) is 9.54. The SMILES string of the molecule is CCCc1c(OCCCOc2ccc3c(c2CCC)OC(CCC)CC3)ccc(-c2ccon2)c1N. The fourth-order valence-electron chi connectivity index (χ4n) is 4.98. The molecule has 1 aliphatic heterocycles. The molecule has 0 radical (unpaired) electrons. The molecule has 194 valence electrons. The number of hydrogen-bond donors (Lipinski definition) is 1. The van der Waals surface area contributed by atoms with Crippen LogP contribution < -0.4 is 19.9 Å². The van der Waals surface area contributed by atoms with Crippen LogP contribution in [-0.4, -0.2) is 24.5 Å². The molecule has 36 heavy (non-hydrogen) atoms. The maximum atomic E-state index is 6.50. The molecule has 3 aromatic rings. The van der Waals surface area contributed by atoms with E-state index in [9.17, 15) is 0 Å². The normalized spacial score (nSPS) is 14.8. The predicted molar refractivity (Wildman–Crippen MR) is 144 cm³/mol. The number of nitrogen functional groups attached to an aromatic ring is 1. The van der Waals surface area contributed by atoms with E-state index in [2.05, 4.69) is 38.1 Å². The summed E-state index contributed by atoms with van der Waals surface area (Å²) in [6.07, 6.45) is 10.9. The van der Waals surface area contributed by atoms with E-state index in [4.69, 9.17) is 24.5 Å². The third-order valence-corrected chi connectivity index (χ3v) is 6.76. The van der Waals surface area contributed by atoms with E-state index in [1.165, 1.54) is 11.1 Å². The van der Waals surface area contributed by atoms with Crippen LogP contribution in [-0.2, 0) is 19.3 Å². The van der Waals surface area contributed by atoms with E-state index in [-0.39, 0.29) is 0 Å². The molecule has 1 atom stereocenters. The van der Waals surface area contributed by atoms with Crippen LogP contribution in [0.25, 0.3) is 11.3 Å². The highest BCUT2D eigenvalue weighted by atomic mass is 16.5. The van der Waals surface area contributed by atoms with Gasteiger partial charge in [0.25, 0.3) is 0 Å². The average molecular weight is 493 g/mol. The van der Waals surface area contributed by atoms with Crippen molar-refractivity contribution in [1.29, 1.82) is 0 Å². The third kappa shape index (κ3) is 5.97. The molecular formula is C30H40N2O4. The van der Waals surface area contributed by atoms with E-state index in [1.807, 2.05) is 18.2 Å². The summed E-state index contributed by atoms with van der Waals surface area (Å²) >= 11 is 0. The van der Waals surface area contributed by atoms with Crippen LogP contribution in [0.15, 0.2) is 41.1 Å². The van der Waals surface area contributed by atoms with Crippen molar-refractivity contribution >= 4 is 5.69 Å². The summed E-state index contributed by atoms with van der Waals surface area (Å²) in [5.41, 5.74) is 12.4. The number of benzene rings is 2. The second-order valence-electron chi connectivity index (χ2n) is 9.54. The van der Waals surface area contributed by atoms with Crippen LogP contribution in [0.2, 0.25) is 0 Å². The van der Waals surface area contributed by atoms with Crippen LogP contribution in [0.4, 0.5) is 5.69 Å². The molecule has 0 saturated carbocycles. The molecule has 1 unspecified atom stereocenters. The third-order valence-electron chi connectivity index (χ3n) is 6.76. The molecule has 1 aliphatic rings. The van der Waals surface area contributed by atoms with Gasteiger partial charge in [-0.15, -0.1) is 0 Å². The maximum Gasteiger partial charge on any atom is 0.129 e. The lowest BCUT2D eigenvalue weighted by Gasteiger charge is -2.29. The van der Waals surface area contributed by atoms with Gasteiger partial charge in [-0.2, -0.15) is 0 Å². The molecular weight excluding hydrogens is 452 g/mol. The van der Waals surface area contributed by atoms with Gasteiger partial charge in [0.05, 0.1) is 19.3 Å². The molecule has 2 aromatic carbocycles. The topological polar surface area (TPSA) is 79.7 Å².